The molecule has 0 saturated carbocycles. The number of benzene rings is 1. The molecule has 2 aromatic rings. The zero-order chi connectivity index (χ0) is 21.2. The summed E-state index contributed by atoms with van der Waals surface area (Å²) in [6.45, 7) is 11.1. The van der Waals surface area contributed by atoms with Crippen molar-refractivity contribution >= 4 is 17.5 Å². The predicted molar refractivity (Wildman–Crippen MR) is 115 cm³/mol. The zero-order valence-corrected chi connectivity index (χ0v) is 18.1. The van der Waals surface area contributed by atoms with Crippen molar-refractivity contribution in [3.63, 3.8) is 0 Å². The molecule has 1 aromatic carbocycles. The number of carbonyl (C=O) groups excluding carboxylic acids is 2. The van der Waals surface area contributed by atoms with E-state index < -0.39 is 0 Å². The molecule has 1 aliphatic heterocycles. The summed E-state index contributed by atoms with van der Waals surface area (Å²) in [6.07, 6.45) is 3.60. The number of amides is 2. The van der Waals surface area contributed by atoms with Gasteiger partial charge in [-0.1, -0.05) is 45.9 Å². The van der Waals surface area contributed by atoms with E-state index in [1.165, 1.54) is 0 Å². The minimum Gasteiger partial charge on any atom is -0.348 e. The lowest BCUT2D eigenvalue weighted by Crippen LogP contribution is -2.33. The molecule has 0 saturated heterocycles. The number of anilines is 1. The lowest BCUT2D eigenvalue weighted by atomic mass is 9.86. The van der Waals surface area contributed by atoms with E-state index in [1.54, 1.807) is 0 Å². The van der Waals surface area contributed by atoms with Crippen LogP contribution >= 0.6 is 0 Å². The third-order valence-corrected chi connectivity index (χ3v) is 5.51. The number of para-hydroxylation sites is 1. The lowest BCUT2D eigenvalue weighted by Gasteiger charge is -2.23. The number of hydrogen-bond acceptors (Lipinski definition) is 3. The van der Waals surface area contributed by atoms with Crippen molar-refractivity contribution in [2.75, 3.05) is 5.32 Å². The highest BCUT2D eigenvalue weighted by atomic mass is 16.2. The largest absolute Gasteiger partial charge is 0.348 e. The van der Waals surface area contributed by atoms with E-state index in [4.69, 9.17) is 0 Å². The van der Waals surface area contributed by atoms with Gasteiger partial charge < -0.3 is 15.2 Å². The van der Waals surface area contributed by atoms with Crippen molar-refractivity contribution < 1.29 is 9.59 Å². The molecule has 6 nitrogen and oxygen atoms in total. The Morgan fingerprint density at radius 2 is 1.90 bits per heavy atom. The Morgan fingerprint density at radius 3 is 2.59 bits per heavy atom. The van der Waals surface area contributed by atoms with E-state index in [-0.39, 0.29) is 23.3 Å². The van der Waals surface area contributed by atoms with Crippen LogP contribution in [-0.4, -0.2) is 27.4 Å². The summed E-state index contributed by atoms with van der Waals surface area (Å²) < 4.78 is 1.92. The maximum atomic E-state index is 13.2. The van der Waals surface area contributed by atoms with E-state index in [0.717, 1.165) is 42.6 Å². The molecule has 1 atom stereocenters. The molecule has 0 radical (unpaired) electrons. The van der Waals surface area contributed by atoms with Crippen LogP contribution in [-0.2, 0) is 18.4 Å². The maximum absolute atomic E-state index is 13.2. The molecular weight excluding hydrogens is 364 g/mol. The van der Waals surface area contributed by atoms with Gasteiger partial charge in [0, 0.05) is 18.3 Å². The van der Waals surface area contributed by atoms with Gasteiger partial charge in [-0.15, -0.1) is 0 Å². The fraction of sp³-hybridized carbons (Fsp3) is 0.522. The second kappa shape index (κ2) is 8.39. The first-order valence-electron chi connectivity index (χ1n) is 10.5. The number of nitrogens with one attached hydrogen (secondary N) is 2. The minimum atomic E-state index is -0.271. The average molecular weight is 397 g/mol. The van der Waals surface area contributed by atoms with Gasteiger partial charge in [0.25, 0.3) is 11.8 Å². The molecule has 2 N–H and O–H groups in total. The second-order valence-corrected chi connectivity index (χ2v) is 8.87. The van der Waals surface area contributed by atoms with Crippen LogP contribution in [0.1, 0.15) is 86.2 Å². The average Bonchev–Trinajstić information content (AvgIpc) is 3.07. The smallest absolute Gasteiger partial charge is 0.291 e. The number of hydrogen-bond donors (Lipinski definition) is 2. The first-order chi connectivity index (χ1) is 13.7. The van der Waals surface area contributed by atoms with Crippen LogP contribution in [0.3, 0.4) is 0 Å². The van der Waals surface area contributed by atoms with Gasteiger partial charge in [-0.3, -0.25) is 9.59 Å². The molecule has 0 bridgehead atoms. The molecular formula is C23H32N4O2. The Labute approximate surface area is 173 Å². The van der Waals surface area contributed by atoms with Gasteiger partial charge >= 0.3 is 0 Å². The molecule has 3 rings (SSSR count). The molecule has 1 unspecified atom stereocenters. The first-order valence-corrected chi connectivity index (χ1v) is 10.5. The highest BCUT2D eigenvalue weighted by Gasteiger charge is 2.28. The summed E-state index contributed by atoms with van der Waals surface area (Å²) in [4.78, 5) is 30.4. The Balaban J connectivity index is 1.93. The van der Waals surface area contributed by atoms with Gasteiger partial charge in [0.2, 0.25) is 0 Å². The fourth-order valence-corrected chi connectivity index (χ4v) is 3.72. The van der Waals surface area contributed by atoms with Gasteiger partial charge in [-0.2, -0.15) is 0 Å². The van der Waals surface area contributed by atoms with Crippen molar-refractivity contribution in [1.82, 2.24) is 14.9 Å². The summed E-state index contributed by atoms with van der Waals surface area (Å²) in [7, 11) is 0. The van der Waals surface area contributed by atoms with E-state index in [9.17, 15) is 9.59 Å². The van der Waals surface area contributed by atoms with Crippen LogP contribution in [0.25, 0.3) is 0 Å². The highest BCUT2D eigenvalue weighted by Crippen LogP contribution is 2.30. The van der Waals surface area contributed by atoms with E-state index in [1.807, 2.05) is 42.7 Å². The fourth-order valence-electron chi connectivity index (χ4n) is 3.72. The summed E-state index contributed by atoms with van der Waals surface area (Å²) in [5.41, 5.74) is 3.00. The Kier molecular flexibility index (Phi) is 6.10. The third-order valence-electron chi connectivity index (χ3n) is 5.51. The van der Waals surface area contributed by atoms with Crippen LogP contribution in [0.4, 0.5) is 5.69 Å². The van der Waals surface area contributed by atoms with Crippen molar-refractivity contribution in [2.24, 2.45) is 0 Å². The highest BCUT2D eigenvalue weighted by molar-refractivity contribution is 6.04. The van der Waals surface area contributed by atoms with E-state index >= 15 is 0 Å². The summed E-state index contributed by atoms with van der Waals surface area (Å²) >= 11 is 0. The number of aromatic nitrogens is 2. The van der Waals surface area contributed by atoms with Crippen molar-refractivity contribution in [3.8, 4) is 0 Å². The molecule has 1 aromatic heterocycles. The second-order valence-electron chi connectivity index (χ2n) is 8.87. The summed E-state index contributed by atoms with van der Waals surface area (Å²) in [5, 5.41) is 6.01. The summed E-state index contributed by atoms with van der Waals surface area (Å²) in [5.74, 6) is -0.149. The normalized spacial score (nSPS) is 14.8. The molecule has 1 aliphatic rings. The number of nitrogens with zero attached hydrogens (tertiary/aromatic N) is 2. The van der Waals surface area contributed by atoms with Crippen molar-refractivity contribution in [3.05, 3.63) is 47.0 Å². The first kappa shape index (κ1) is 21.1. The minimum absolute atomic E-state index is 0.0689. The Morgan fingerprint density at radius 1 is 1.17 bits per heavy atom. The van der Waals surface area contributed by atoms with Crippen LogP contribution in [0.2, 0.25) is 0 Å². The standard InChI is InChI=1S/C23H32N4O2/c1-6-15(2)24-21(28)19-18-13-9-10-14-27(18)20(26-19)22(29)25-17-12-8-7-11-16(17)23(3,4)5/h7-8,11-12,15H,6,9-10,13-14H2,1-5H3,(H,24,28)(H,25,29). The van der Waals surface area contributed by atoms with Crippen LogP contribution in [0.5, 0.6) is 0 Å². The molecule has 29 heavy (non-hydrogen) atoms. The quantitative estimate of drug-likeness (QED) is 0.791. The number of rotatable bonds is 5. The molecule has 2 heterocycles. The molecule has 6 heteroatoms. The molecule has 0 spiro atoms. The van der Waals surface area contributed by atoms with Crippen molar-refractivity contribution in [2.45, 2.75) is 78.3 Å². The topological polar surface area (TPSA) is 76.0 Å². The Bertz CT molecular complexity index is 908. The predicted octanol–water partition coefficient (Wildman–Crippen LogP) is 4.30. The van der Waals surface area contributed by atoms with Crippen LogP contribution in [0.15, 0.2) is 24.3 Å². The number of fused-ring (bicyclic) bond motifs is 1. The zero-order valence-electron chi connectivity index (χ0n) is 18.1. The lowest BCUT2D eigenvalue weighted by molar-refractivity contribution is 0.0933. The number of carbonyl (C=O) groups is 2. The van der Waals surface area contributed by atoms with Gasteiger partial charge in [-0.05, 0) is 49.7 Å². The van der Waals surface area contributed by atoms with Crippen molar-refractivity contribution in [1.29, 1.82) is 0 Å². The molecule has 156 valence electrons. The van der Waals surface area contributed by atoms with Crippen LogP contribution < -0.4 is 10.6 Å². The SMILES string of the molecule is CCC(C)NC(=O)c1nc(C(=O)Nc2ccccc2C(C)(C)C)n2c1CCCC2. The number of imidazole rings is 1. The third kappa shape index (κ3) is 4.52. The van der Waals surface area contributed by atoms with Crippen LogP contribution in [0, 0.1) is 0 Å². The molecule has 2 amide bonds. The monoisotopic (exact) mass is 396 g/mol. The Hall–Kier alpha value is -2.63. The van der Waals surface area contributed by atoms with Gasteiger partial charge in [0.15, 0.2) is 5.82 Å². The van der Waals surface area contributed by atoms with E-state index in [0.29, 0.717) is 18.1 Å². The van der Waals surface area contributed by atoms with E-state index in [2.05, 4.69) is 36.4 Å². The summed E-state index contributed by atoms with van der Waals surface area (Å²) in [6, 6.07) is 7.90. The molecule has 0 fully saturated rings. The van der Waals surface area contributed by atoms with Gasteiger partial charge in [0.1, 0.15) is 5.69 Å². The molecule has 0 aliphatic carbocycles. The van der Waals surface area contributed by atoms with Gasteiger partial charge in [-0.25, -0.2) is 4.98 Å². The van der Waals surface area contributed by atoms with Gasteiger partial charge in [0.05, 0.1) is 5.69 Å². The maximum Gasteiger partial charge on any atom is 0.291 e.